The van der Waals surface area contributed by atoms with E-state index >= 15 is 0 Å². The number of aromatic amines is 2. The monoisotopic (exact) mass is 428 g/mol. The SMILES string of the molecule is COC(=O)NCCSSCCN.O=c1[nH]cc(F)c(=O)[nH]1.OC1CCOC1. The highest BCUT2D eigenvalue weighted by atomic mass is 33.1. The van der Waals surface area contributed by atoms with Crippen LogP contribution in [0.2, 0.25) is 0 Å². The Bertz CT molecular complexity index is 624. The van der Waals surface area contributed by atoms with Gasteiger partial charge in [-0.2, -0.15) is 4.39 Å². The second kappa shape index (κ2) is 16.6. The van der Waals surface area contributed by atoms with E-state index in [9.17, 15) is 18.8 Å². The minimum Gasteiger partial charge on any atom is -0.453 e. The van der Waals surface area contributed by atoms with Gasteiger partial charge in [-0.15, -0.1) is 0 Å². The Balaban J connectivity index is 0.000000395. The van der Waals surface area contributed by atoms with Crippen molar-refractivity contribution in [3.05, 3.63) is 32.9 Å². The van der Waals surface area contributed by atoms with Gasteiger partial charge in [0.15, 0.2) is 0 Å². The van der Waals surface area contributed by atoms with Gasteiger partial charge in [0.1, 0.15) is 0 Å². The summed E-state index contributed by atoms with van der Waals surface area (Å²) in [6.45, 7) is 2.61. The summed E-state index contributed by atoms with van der Waals surface area (Å²) in [5.74, 6) is 0.831. The van der Waals surface area contributed by atoms with Crippen molar-refractivity contribution >= 4 is 27.7 Å². The normalized spacial score (nSPS) is 15.0. The zero-order valence-electron chi connectivity index (χ0n) is 14.9. The topological polar surface area (TPSA) is 160 Å². The third-order valence-corrected chi connectivity index (χ3v) is 5.04. The van der Waals surface area contributed by atoms with Crippen LogP contribution in [0.5, 0.6) is 0 Å². The third-order valence-electron chi connectivity index (χ3n) is 2.60. The van der Waals surface area contributed by atoms with E-state index in [0.717, 1.165) is 24.5 Å². The zero-order chi connectivity index (χ0) is 20.5. The number of hydrogen-bond donors (Lipinski definition) is 5. The predicted octanol–water partition coefficient (Wildman–Crippen LogP) is -0.348. The lowest BCUT2D eigenvalue weighted by Gasteiger charge is -2.01. The van der Waals surface area contributed by atoms with E-state index in [0.29, 0.717) is 25.9 Å². The van der Waals surface area contributed by atoms with Crippen molar-refractivity contribution in [2.45, 2.75) is 12.5 Å². The number of carbonyl (C=O) groups is 1. The number of aliphatic hydroxyl groups excluding tert-OH is 1. The molecule has 27 heavy (non-hydrogen) atoms. The molecule has 1 unspecified atom stereocenters. The molecular formula is C14H25FN4O6S2. The highest BCUT2D eigenvalue weighted by Gasteiger charge is 2.09. The molecule has 1 aliphatic rings. The molecule has 0 radical (unpaired) electrons. The molecule has 10 nitrogen and oxygen atoms in total. The largest absolute Gasteiger partial charge is 0.453 e. The number of hydrogen-bond acceptors (Lipinski definition) is 9. The molecule has 2 rings (SSSR count). The lowest BCUT2D eigenvalue weighted by molar-refractivity contribution is 0.127. The van der Waals surface area contributed by atoms with Crippen LogP contribution < -0.4 is 22.3 Å². The fourth-order valence-corrected chi connectivity index (χ4v) is 3.11. The second-order valence-electron chi connectivity index (χ2n) is 4.79. The molecule has 1 aromatic rings. The Kier molecular flexibility index (Phi) is 15.7. The van der Waals surface area contributed by atoms with Crippen molar-refractivity contribution in [1.29, 1.82) is 0 Å². The summed E-state index contributed by atoms with van der Waals surface area (Å²) in [4.78, 5) is 34.5. The summed E-state index contributed by atoms with van der Waals surface area (Å²) in [6.07, 6.45) is 0.977. The lowest BCUT2D eigenvalue weighted by atomic mass is 10.3. The van der Waals surface area contributed by atoms with Gasteiger partial charge >= 0.3 is 11.8 Å². The fourth-order valence-electron chi connectivity index (χ4n) is 1.35. The third kappa shape index (κ3) is 15.2. The van der Waals surface area contributed by atoms with Gasteiger partial charge in [0.2, 0.25) is 5.82 Å². The highest BCUT2D eigenvalue weighted by molar-refractivity contribution is 8.76. The predicted molar refractivity (Wildman–Crippen MR) is 103 cm³/mol. The summed E-state index contributed by atoms with van der Waals surface area (Å²) < 4.78 is 21.2. The minimum atomic E-state index is -1.00. The van der Waals surface area contributed by atoms with Crippen LogP contribution in [0.3, 0.4) is 0 Å². The van der Waals surface area contributed by atoms with Crippen molar-refractivity contribution in [3.8, 4) is 0 Å². The molecule has 1 amide bonds. The van der Waals surface area contributed by atoms with Crippen molar-refractivity contribution < 1.29 is 23.8 Å². The summed E-state index contributed by atoms with van der Waals surface area (Å²) >= 11 is 0. The van der Waals surface area contributed by atoms with Crippen molar-refractivity contribution in [2.24, 2.45) is 5.73 Å². The molecule has 0 aromatic carbocycles. The van der Waals surface area contributed by atoms with E-state index < -0.39 is 17.1 Å². The molecule has 0 aliphatic carbocycles. The number of ether oxygens (including phenoxy) is 2. The average molecular weight is 429 g/mol. The van der Waals surface area contributed by atoms with Crippen molar-refractivity contribution in [1.82, 2.24) is 15.3 Å². The molecule has 1 saturated heterocycles. The van der Waals surface area contributed by atoms with Gasteiger partial charge in [0, 0.05) is 37.4 Å². The van der Waals surface area contributed by atoms with Crippen LogP contribution in [0.25, 0.3) is 0 Å². The molecule has 0 spiro atoms. The first-order valence-corrected chi connectivity index (χ1v) is 10.4. The maximum Gasteiger partial charge on any atom is 0.406 e. The van der Waals surface area contributed by atoms with Gasteiger partial charge in [0.25, 0.3) is 5.56 Å². The number of rotatable bonds is 6. The van der Waals surface area contributed by atoms with Gasteiger partial charge in [0.05, 0.1) is 19.8 Å². The van der Waals surface area contributed by atoms with Crippen molar-refractivity contribution in [2.75, 3.05) is 44.9 Å². The molecule has 156 valence electrons. The molecule has 1 aliphatic heterocycles. The molecule has 0 saturated carbocycles. The van der Waals surface area contributed by atoms with Crippen molar-refractivity contribution in [3.63, 3.8) is 0 Å². The molecule has 13 heteroatoms. The van der Waals surface area contributed by atoms with E-state index in [2.05, 4.69) is 10.1 Å². The van der Waals surface area contributed by atoms with E-state index in [-0.39, 0.29) is 12.2 Å². The quantitative estimate of drug-likeness (QED) is 0.301. The second-order valence-corrected chi connectivity index (χ2v) is 7.49. The summed E-state index contributed by atoms with van der Waals surface area (Å²) in [5.41, 5.74) is 3.58. The van der Waals surface area contributed by atoms with Crippen LogP contribution >= 0.6 is 21.6 Å². The standard InChI is InChI=1S/C6H14N2O2S2.C4H3FN2O2.C4H8O2/c1-10-6(9)8-3-5-12-11-4-2-7;5-2-1-6-4(9)7-3(2)8;5-4-1-2-6-3-4/h2-5,7H2,1H3,(H,8,9);1H,(H2,6,7,8,9);4-5H,1-3H2. The molecule has 0 bridgehead atoms. The van der Waals surface area contributed by atoms with Crippen LogP contribution in [0.1, 0.15) is 6.42 Å². The summed E-state index contributed by atoms with van der Waals surface area (Å²) in [6, 6.07) is 0. The lowest BCUT2D eigenvalue weighted by Crippen LogP contribution is -2.25. The van der Waals surface area contributed by atoms with Gasteiger partial charge in [-0.3, -0.25) is 9.78 Å². The number of halogens is 1. The maximum absolute atomic E-state index is 12.0. The summed E-state index contributed by atoms with van der Waals surface area (Å²) in [5, 5.41) is 11.2. The maximum atomic E-state index is 12.0. The highest BCUT2D eigenvalue weighted by Crippen LogP contribution is 2.18. The zero-order valence-corrected chi connectivity index (χ0v) is 16.5. The first-order valence-electron chi connectivity index (χ1n) is 7.90. The first kappa shape index (κ1) is 25.5. The van der Waals surface area contributed by atoms with E-state index in [1.54, 1.807) is 26.6 Å². The van der Waals surface area contributed by atoms with Gasteiger partial charge < -0.3 is 30.6 Å². The molecule has 1 fully saturated rings. The first-order chi connectivity index (χ1) is 12.9. The van der Waals surface area contributed by atoms with Crippen LogP contribution in [-0.2, 0) is 9.47 Å². The molecule has 1 aromatic heterocycles. The Morgan fingerprint density at radius 3 is 2.63 bits per heavy atom. The molecule has 2 heterocycles. The number of nitrogens with two attached hydrogens (primary N) is 1. The van der Waals surface area contributed by atoms with Crippen LogP contribution in [0, 0.1) is 5.82 Å². The number of aliphatic hydroxyl groups is 1. The number of nitrogens with one attached hydrogen (secondary N) is 3. The Morgan fingerprint density at radius 1 is 1.48 bits per heavy atom. The number of alkyl carbamates (subject to hydrolysis) is 1. The minimum absolute atomic E-state index is 0.176. The molecular weight excluding hydrogens is 403 g/mol. The van der Waals surface area contributed by atoms with E-state index in [1.165, 1.54) is 7.11 Å². The Labute approximate surface area is 163 Å². The number of amides is 1. The number of aromatic nitrogens is 2. The Morgan fingerprint density at radius 2 is 2.19 bits per heavy atom. The number of carbonyl (C=O) groups excluding carboxylic acids is 1. The number of methoxy groups -OCH3 is 1. The van der Waals surface area contributed by atoms with E-state index in [1.807, 2.05) is 4.98 Å². The van der Waals surface area contributed by atoms with Gasteiger partial charge in [-0.05, 0) is 6.42 Å². The van der Waals surface area contributed by atoms with Gasteiger partial charge in [-0.1, -0.05) is 21.6 Å². The van der Waals surface area contributed by atoms with Crippen LogP contribution in [-0.4, -0.2) is 72.2 Å². The van der Waals surface area contributed by atoms with Gasteiger partial charge in [-0.25, -0.2) is 9.59 Å². The fraction of sp³-hybridized carbons (Fsp3) is 0.643. The number of H-pyrrole nitrogens is 2. The molecule has 6 N–H and O–H groups in total. The van der Waals surface area contributed by atoms with Crippen LogP contribution in [0.4, 0.5) is 9.18 Å². The smallest absolute Gasteiger partial charge is 0.406 e. The van der Waals surface area contributed by atoms with E-state index in [4.69, 9.17) is 15.6 Å². The van der Waals surface area contributed by atoms with Crippen LogP contribution in [0.15, 0.2) is 15.8 Å². The molecule has 1 atom stereocenters. The average Bonchev–Trinajstić information content (AvgIpc) is 3.13. The summed E-state index contributed by atoms with van der Waals surface area (Å²) in [7, 11) is 4.76. The Hall–Kier alpha value is -1.54.